The lowest BCUT2D eigenvalue weighted by Crippen LogP contribution is -2.57. The molecule has 1 aliphatic heterocycles. The van der Waals surface area contributed by atoms with Gasteiger partial charge < -0.3 is 15.0 Å². The van der Waals surface area contributed by atoms with Gasteiger partial charge in [0.25, 0.3) is 5.91 Å². The highest BCUT2D eigenvalue weighted by Crippen LogP contribution is 2.40. The number of hydrogen-bond donors (Lipinski definition) is 1. The predicted molar refractivity (Wildman–Crippen MR) is 124 cm³/mol. The average Bonchev–Trinajstić information content (AvgIpc) is 2.78. The van der Waals surface area contributed by atoms with E-state index in [1.54, 1.807) is 0 Å². The van der Waals surface area contributed by atoms with Crippen molar-refractivity contribution >= 4 is 11.6 Å². The molecular formula is C26H36N2O2. The molecule has 1 atom stereocenters. The molecule has 4 nitrogen and oxygen atoms in total. The van der Waals surface area contributed by atoms with Crippen molar-refractivity contribution < 1.29 is 9.53 Å². The number of carbonyl (C=O) groups is 1. The minimum absolute atomic E-state index is 0.0976. The van der Waals surface area contributed by atoms with Crippen LogP contribution in [0.2, 0.25) is 0 Å². The van der Waals surface area contributed by atoms with E-state index < -0.39 is 5.66 Å². The fourth-order valence-electron chi connectivity index (χ4n) is 4.34. The molecule has 0 aromatic heterocycles. The fraction of sp³-hybridized carbons (Fsp3) is 0.500. The number of nitrogens with zero attached hydrogens (tertiary/aromatic N) is 1. The number of anilines is 1. The van der Waals surface area contributed by atoms with Crippen LogP contribution in [0.4, 0.5) is 5.69 Å². The first-order chi connectivity index (χ1) is 14.7. The molecule has 0 spiro atoms. The van der Waals surface area contributed by atoms with Crippen molar-refractivity contribution in [3.8, 4) is 5.75 Å². The Morgan fingerprint density at radius 2 is 1.63 bits per heavy atom. The van der Waals surface area contributed by atoms with Crippen LogP contribution in [0, 0.1) is 0 Å². The molecule has 1 aliphatic rings. The highest BCUT2D eigenvalue weighted by Gasteiger charge is 2.44. The van der Waals surface area contributed by atoms with Gasteiger partial charge in [0.15, 0.2) is 0 Å². The van der Waals surface area contributed by atoms with E-state index in [9.17, 15) is 4.79 Å². The maximum absolute atomic E-state index is 13.3. The SMILES string of the molecule is CCCCCCCOc1ccc(C2(CC)Nc3ccccc3C(=O)N2CCC)cc1. The fourth-order valence-corrected chi connectivity index (χ4v) is 4.34. The third-order valence-electron chi connectivity index (χ3n) is 6.01. The van der Waals surface area contributed by atoms with Crippen LogP contribution in [-0.4, -0.2) is 24.0 Å². The third-order valence-corrected chi connectivity index (χ3v) is 6.01. The summed E-state index contributed by atoms with van der Waals surface area (Å²) in [4.78, 5) is 15.3. The second kappa shape index (κ2) is 10.5. The van der Waals surface area contributed by atoms with Gasteiger partial charge in [0.1, 0.15) is 11.4 Å². The summed E-state index contributed by atoms with van der Waals surface area (Å²) in [6.45, 7) is 7.96. The van der Waals surface area contributed by atoms with E-state index in [4.69, 9.17) is 4.74 Å². The molecule has 4 heteroatoms. The van der Waals surface area contributed by atoms with Crippen LogP contribution in [0.3, 0.4) is 0 Å². The molecule has 1 heterocycles. The number of carbonyl (C=O) groups excluding carboxylic acids is 1. The number of rotatable bonds is 11. The lowest BCUT2D eigenvalue weighted by atomic mass is 9.89. The first-order valence-electron chi connectivity index (χ1n) is 11.6. The van der Waals surface area contributed by atoms with Crippen LogP contribution in [0.25, 0.3) is 0 Å². The Morgan fingerprint density at radius 3 is 2.33 bits per heavy atom. The number of hydrogen-bond acceptors (Lipinski definition) is 3. The Labute approximate surface area is 181 Å². The van der Waals surface area contributed by atoms with E-state index in [1.165, 1.54) is 25.7 Å². The number of benzene rings is 2. The molecule has 0 saturated carbocycles. The second-order valence-corrected chi connectivity index (χ2v) is 8.13. The molecular weight excluding hydrogens is 372 g/mol. The summed E-state index contributed by atoms with van der Waals surface area (Å²) in [5.41, 5.74) is 2.21. The van der Waals surface area contributed by atoms with Crippen molar-refractivity contribution in [3.05, 3.63) is 59.7 Å². The topological polar surface area (TPSA) is 41.6 Å². The summed E-state index contributed by atoms with van der Waals surface area (Å²) in [6, 6.07) is 16.1. The third kappa shape index (κ3) is 4.63. The van der Waals surface area contributed by atoms with E-state index in [-0.39, 0.29) is 5.91 Å². The lowest BCUT2D eigenvalue weighted by Gasteiger charge is -2.48. The van der Waals surface area contributed by atoms with Gasteiger partial charge >= 0.3 is 0 Å². The zero-order chi connectivity index (χ0) is 21.4. The van der Waals surface area contributed by atoms with Gasteiger partial charge in [-0.15, -0.1) is 0 Å². The Hall–Kier alpha value is -2.49. The Bertz CT molecular complexity index is 818. The summed E-state index contributed by atoms with van der Waals surface area (Å²) < 4.78 is 5.95. The Balaban J connectivity index is 1.78. The lowest BCUT2D eigenvalue weighted by molar-refractivity contribution is 0.0483. The molecule has 0 radical (unpaired) electrons. The van der Waals surface area contributed by atoms with Crippen LogP contribution in [-0.2, 0) is 5.66 Å². The number of para-hydroxylation sites is 1. The summed E-state index contributed by atoms with van der Waals surface area (Å²) in [6.07, 6.45) is 7.86. The second-order valence-electron chi connectivity index (χ2n) is 8.13. The van der Waals surface area contributed by atoms with E-state index in [0.717, 1.165) is 48.4 Å². The van der Waals surface area contributed by atoms with Gasteiger partial charge in [-0.05, 0) is 49.1 Å². The van der Waals surface area contributed by atoms with Crippen LogP contribution >= 0.6 is 0 Å². The van der Waals surface area contributed by atoms with E-state index in [1.807, 2.05) is 41.3 Å². The molecule has 3 rings (SSSR count). The molecule has 0 bridgehead atoms. The zero-order valence-corrected chi connectivity index (χ0v) is 18.7. The number of ether oxygens (including phenoxy) is 1. The smallest absolute Gasteiger partial charge is 0.258 e. The van der Waals surface area contributed by atoms with E-state index in [2.05, 4.69) is 38.2 Å². The molecule has 1 amide bonds. The van der Waals surface area contributed by atoms with Crippen molar-refractivity contribution in [2.24, 2.45) is 0 Å². The highest BCUT2D eigenvalue weighted by atomic mass is 16.5. The van der Waals surface area contributed by atoms with Gasteiger partial charge in [-0.25, -0.2) is 0 Å². The molecule has 0 fully saturated rings. The molecule has 162 valence electrons. The Kier molecular flexibility index (Phi) is 7.78. The van der Waals surface area contributed by atoms with Crippen molar-refractivity contribution in [1.82, 2.24) is 4.90 Å². The quantitative estimate of drug-likeness (QED) is 0.427. The molecule has 30 heavy (non-hydrogen) atoms. The number of unbranched alkanes of at least 4 members (excludes halogenated alkanes) is 4. The number of amides is 1. The molecule has 2 aromatic rings. The van der Waals surface area contributed by atoms with Crippen molar-refractivity contribution in [3.63, 3.8) is 0 Å². The van der Waals surface area contributed by atoms with E-state index in [0.29, 0.717) is 6.54 Å². The molecule has 2 aromatic carbocycles. The maximum Gasteiger partial charge on any atom is 0.258 e. The minimum Gasteiger partial charge on any atom is -0.494 e. The standard InChI is InChI=1S/C26H36N2O2/c1-4-7-8-9-12-20-30-22-17-15-21(16-18-22)26(6-3)27-24-14-11-10-13-23(24)25(29)28(26)19-5-2/h10-11,13-18,27H,4-9,12,19-20H2,1-3H3. The van der Waals surface area contributed by atoms with Gasteiger partial charge in [-0.2, -0.15) is 0 Å². The first kappa shape index (κ1) is 22.2. The van der Waals surface area contributed by atoms with Crippen molar-refractivity contribution in [1.29, 1.82) is 0 Å². The molecule has 0 aliphatic carbocycles. The first-order valence-corrected chi connectivity index (χ1v) is 11.6. The molecule has 1 unspecified atom stereocenters. The molecule has 0 saturated heterocycles. The van der Waals surface area contributed by atoms with Gasteiger partial charge in [0.05, 0.1) is 12.2 Å². The van der Waals surface area contributed by atoms with Crippen LogP contribution < -0.4 is 10.1 Å². The normalized spacial score (nSPS) is 18.1. The van der Waals surface area contributed by atoms with Crippen LogP contribution in [0.1, 0.15) is 81.6 Å². The summed E-state index contributed by atoms with van der Waals surface area (Å²) in [5, 5.41) is 3.70. The summed E-state index contributed by atoms with van der Waals surface area (Å²) in [7, 11) is 0. The van der Waals surface area contributed by atoms with Crippen molar-refractivity contribution in [2.75, 3.05) is 18.5 Å². The van der Waals surface area contributed by atoms with E-state index >= 15 is 0 Å². The largest absolute Gasteiger partial charge is 0.494 e. The van der Waals surface area contributed by atoms with Crippen molar-refractivity contribution in [2.45, 2.75) is 71.4 Å². The van der Waals surface area contributed by atoms with Gasteiger partial charge in [0, 0.05) is 12.2 Å². The van der Waals surface area contributed by atoms with Gasteiger partial charge in [-0.3, -0.25) is 4.79 Å². The number of nitrogens with one attached hydrogen (secondary N) is 1. The molecule has 1 N–H and O–H groups in total. The van der Waals surface area contributed by atoms with Gasteiger partial charge in [0.2, 0.25) is 0 Å². The van der Waals surface area contributed by atoms with Crippen LogP contribution in [0.15, 0.2) is 48.5 Å². The summed E-state index contributed by atoms with van der Waals surface area (Å²) >= 11 is 0. The average molecular weight is 409 g/mol. The Morgan fingerprint density at radius 1 is 0.900 bits per heavy atom. The zero-order valence-electron chi connectivity index (χ0n) is 18.7. The monoisotopic (exact) mass is 408 g/mol. The minimum atomic E-state index is -0.542. The number of fused-ring (bicyclic) bond motifs is 1. The van der Waals surface area contributed by atoms with Gasteiger partial charge in [-0.1, -0.05) is 70.7 Å². The maximum atomic E-state index is 13.3. The predicted octanol–water partition coefficient (Wildman–Crippen LogP) is 6.58. The highest BCUT2D eigenvalue weighted by molar-refractivity contribution is 6.02. The summed E-state index contributed by atoms with van der Waals surface area (Å²) in [5.74, 6) is 0.991. The van der Waals surface area contributed by atoms with Crippen LogP contribution in [0.5, 0.6) is 5.75 Å².